The Morgan fingerprint density at radius 3 is 1.19 bits per heavy atom. The summed E-state index contributed by atoms with van der Waals surface area (Å²) in [6.07, 6.45) is 67.4. The Bertz CT molecular complexity index is 1350. The van der Waals surface area contributed by atoms with Crippen molar-refractivity contribution in [2.45, 2.75) is 200 Å². The Hall–Kier alpha value is -4.19. The van der Waals surface area contributed by atoms with Gasteiger partial charge < -0.3 is 14.2 Å². The molecule has 0 saturated heterocycles. The lowest BCUT2D eigenvalue weighted by Crippen LogP contribution is -2.30. The molecule has 0 aromatic carbocycles. The van der Waals surface area contributed by atoms with Crippen LogP contribution in [0.15, 0.2) is 122 Å². The zero-order chi connectivity index (χ0) is 45.1. The second-order valence-corrected chi connectivity index (χ2v) is 15.8. The van der Waals surface area contributed by atoms with E-state index in [1.807, 2.05) is 72.9 Å². The maximum absolute atomic E-state index is 12.8. The number of carbonyl (C=O) groups excluding carboxylic acids is 3. The highest BCUT2D eigenvalue weighted by atomic mass is 16.6. The monoisotopic (exact) mass is 857 g/mol. The van der Waals surface area contributed by atoms with E-state index >= 15 is 0 Å². The molecule has 0 aromatic heterocycles. The molecule has 0 saturated carbocycles. The molecule has 348 valence electrons. The van der Waals surface area contributed by atoms with E-state index in [1.54, 1.807) is 0 Å². The van der Waals surface area contributed by atoms with Crippen molar-refractivity contribution in [2.75, 3.05) is 13.2 Å². The number of rotatable bonds is 42. The number of hydrogen-bond donors (Lipinski definition) is 0. The van der Waals surface area contributed by atoms with E-state index in [9.17, 15) is 14.4 Å². The molecule has 0 amide bonds. The number of carbonyl (C=O) groups is 3. The topological polar surface area (TPSA) is 78.9 Å². The fraction of sp³-hybridized carbons (Fsp3) is 0.589. The summed E-state index contributed by atoms with van der Waals surface area (Å²) in [5.41, 5.74) is 0. The maximum Gasteiger partial charge on any atom is 0.306 e. The van der Waals surface area contributed by atoms with Crippen molar-refractivity contribution in [3.05, 3.63) is 122 Å². The second-order valence-electron chi connectivity index (χ2n) is 15.8. The van der Waals surface area contributed by atoms with E-state index in [4.69, 9.17) is 14.2 Å². The molecule has 0 heterocycles. The van der Waals surface area contributed by atoms with E-state index < -0.39 is 6.10 Å². The molecule has 0 aliphatic heterocycles. The van der Waals surface area contributed by atoms with Crippen LogP contribution in [0.5, 0.6) is 0 Å². The van der Waals surface area contributed by atoms with Crippen LogP contribution >= 0.6 is 0 Å². The molecule has 1 unspecified atom stereocenters. The van der Waals surface area contributed by atoms with Gasteiger partial charge in [-0.25, -0.2) is 0 Å². The normalized spacial score (nSPS) is 13.1. The number of allylic oxidation sites excluding steroid dienone is 20. The lowest BCUT2D eigenvalue weighted by Gasteiger charge is -2.18. The molecule has 6 nitrogen and oxygen atoms in total. The van der Waals surface area contributed by atoms with Crippen molar-refractivity contribution < 1.29 is 28.6 Å². The van der Waals surface area contributed by atoms with Gasteiger partial charge in [-0.15, -0.1) is 0 Å². The van der Waals surface area contributed by atoms with Crippen molar-refractivity contribution in [2.24, 2.45) is 0 Å². The van der Waals surface area contributed by atoms with Crippen molar-refractivity contribution in [1.82, 2.24) is 0 Å². The molecule has 0 bridgehead atoms. The van der Waals surface area contributed by atoms with Crippen LogP contribution in [0.3, 0.4) is 0 Å². The van der Waals surface area contributed by atoms with Gasteiger partial charge in [-0.3, -0.25) is 14.4 Å². The van der Waals surface area contributed by atoms with E-state index in [0.29, 0.717) is 19.3 Å². The zero-order valence-electron chi connectivity index (χ0n) is 39.6. The van der Waals surface area contributed by atoms with E-state index in [2.05, 4.69) is 69.4 Å². The highest BCUT2D eigenvalue weighted by molar-refractivity contribution is 5.71. The summed E-state index contributed by atoms with van der Waals surface area (Å²) in [7, 11) is 0. The van der Waals surface area contributed by atoms with Crippen LogP contribution < -0.4 is 0 Å². The summed E-state index contributed by atoms with van der Waals surface area (Å²) in [6.45, 7) is 6.27. The van der Waals surface area contributed by atoms with Crippen molar-refractivity contribution in [1.29, 1.82) is 0 Å². The average Bonchev–Trinajstić information content (AvgIpc) is 3.27. The minimum atomic E-state index is -0.807. The van der Waals surface area contributed by atoms with Gasteiger partial charge in [0.1, 0.15) is 13.2 Å². The smallest absolute Gasteiger partial charge is 0.306 e. The first kappa shape index (κ1) is 57.8. The largest absolute Gasteiger partial charge is 0.462 e. The summed E-state index contributed by atoms with van der Waals surface area (Å²) >= 11 is 0. The lowest BCUT2D eigenvalue weighted by molar-refractivity contribution is -0.167. The second kappa shape index (κ2) is 49.5. The van der Waals surface area contributed by atoms with Crippen LogP contribution in [0.2, 0.25) is 0 Å². The summed E-state index contributed by atoms with van der Waals surface area (Å²) in [5.74, 6) is -0.979. The Morgan fingerprint density at radius 1 is 0.355 bits per heavy atom. The Balaban J connectivity index is 4.52. The first-order valence-electron chi connectivity index (χ1n) is 24.6. The van der Waals surface area contributed by atoms with Gasteiger partial charge >= 0.3 is 17.9 Å². The maximum atomic E-state index is 12.8. The minimum Gasteiger partial charge on any atom is -0.462 e. The fourth-order valence-electron chi connectivity index (χ4n) is 6.21. The van der Waals surface area contributed by atoms with Crippen molar-refractivity contribution in [3.8, 4) is 0 Å². The average molecular weight is 857 g/mol. The molecule has 1 atom stereocenters. The van der Waals surface area contributed by atoms with Gasteiger partial charge in [0.2, 0.25) is 0 Å². The Kier molecular flexibility index (Phi) is 46.1. The number of esters is 3. The van der Waals surface area contributed by atoms with Crippen molar-refractivity contribution >= 4 is 17.9 Å². The van der Waals surface area contributed by atoms with E-state index in [-0.39, 0.29) is 31.1 Å². The van der Waals surface area contributed by atoms with E-state index in [1.165, 1.54) is 51.4 Å². The molecule has 0 spiro atoms. The van der Waals surface area contributed by atoms with Gasteiger partial charge in [-0.2, -0.15) is 0 Å². The molecule has 6 heteroatoms. The zero-order valence-corrected chi connectivity index (χ0v) is 39.6. The van der Waals surface area contributed by atoms with Crippen molar-refractivity contribution in [3.63, 3.8) is 0 Å². The molecule has 0 radical (unpaired) electrons. The van der Waals surface area contributed by atoms with Crippen LogP contribution in [0.1, 0.15) is 194 Å². The number of ether oxygens (including phenoxy) is 3. The van der Waals surface area contributed by atoms with Crippen LogP contribution in [-0.2, 0) is 28.6 Å². The quantitative estimate of drug-likeness (QED) is 0.0200. The summed E-state index contributed by atoms with van der Waals surface area (Å²) < 4.78 is 16.7. The summed E-state index contributed by atoms with van der Waals surface area (Å²) in [6, 6.07) is 0. The molecule has 62 heavy (non-hydrogen) atoms. The lowest BCUT2D eigenvalue weighted by atomic mass is 10.1. The van der Waals surface area contributed by atoms with Gasteiger partial charge in [0.15, 0.2) is 6.10 Å². The van der Waals surface area contributed by atoms with E-state index in [0.717, 1.165) is 103 Å². The summed E-state index contributed by atoms with van der Waals surface area (Å²) in [5, 5.41) is 0. The molecule has 0 aliphatic carbocycles. The van der Waals surface area contributed by atoms with Gasteiger partial charge in [0, 0.05) is 19.3 Å². The van der Waals surface area contributed by atoms with Crippen LogP contribution in [0.25, 0.3) is 0 Å². The highest BCUT2D eigenvalue weighted by Gasteiger charge is 2.19. The third-order valence-corrected chi connectivity index (χ3v) is 9.88. The number of unbranched alkanes of at least 4 members (excludes halogenated alkanes) is 17. The van der Waals surface area contributed by atoms with Gasteiger partial charge in [-0.1, -0.05) is 213 Å². The highest BCUT2D eigenvalue weighted by Crippen LogP contribution is 2.13. The third-order valence-electron chi connectivity index (χ3n) is 9.88. The SMILES string of the molecule is CC\C=C/C=C\C=C/C=C\C=C\C=C/C=C\CCCCCC(=O)OCC(COC(=O)CCCCCCC/C=C\CCCC)OC(=O)CCCCCCCCC/C=C\C/C=C\CC. The van der Waals surface area contributed by atoms with Crippen LogP contribution in [-0.4, -0.2) is 37.2 Å². The number of hydrogen-bond acceptors (Lipinski definition) is 6. The van der Waals surface area contributed by atoms with Gasteiger partial charge in [0.25, 0.3) is 0 Å². The standard InChI is InChI=1S/C56H88O6/c1-4-7-10-13-16-19-22-24-26-27-28-29-30-32-34-37-40-43-46-49-55(58)61-52-53(51-60-54(57)48-45-42-39-36-33-21-18-15-12-9-6-3)62-56(59)50-47-44-41-38-35-31-25-23-20-17-14-11-8-5-2/h7-8,10-11,13,15-20,22,24,26-30,32,34,53H,4-6,9,12,14,21,23,25,31,33,35-52H2,1-3H3/b10-7-,11-8-,16-13-,18-15-,20-17-,22-19-,26-24-,28-27+,30-29-,34-32-. The van der Waals surface area contributed by atoms with Crippen LogP contribution in [0.4, 0.5) is 0 Å². The first-order chi connectivity index (χ1) is 30.5. The Morgan fingerprint density at radius 2 is 0.710 bits per heavy atom. The van der Waals surface area contributed by atoms with Gasteiger partial charge in [-0.05, 0) is 83.5 Å². The molecule has 0 fully saturated rings. The predicted octanol–water partition coefficient (Wildman–Crippen LogP) is 16.1. The molecule has 0 N–H and O–H groups in total. The van der Waals surface area contributed by atoms with Gasteiger partial charge in [0.05, 0.1) is 0 Å². The first-order valence-corrected chi connectivity index (χ1v) is 24.6. The van der Waals surface area contributed by atoms with Crippen LogP contribution in [0, 0.1) is 0 Å². The molecular weight excluding hydrogens is 769 g/mol. The Labute approximate surface area is 380 Å². The molecule has 0 aliphatic rings. The third kappa shape index (κ3) is 46.9. The fourth-order valence-corrected chi connectivity index (χ4v) is 6.21. The molecule has 0 aromatic rings. The molecule has 0 rings (SSSR count). The molecular formula is C56H88O6. The predicted molar refractivity (Wildman–Crippen MR) is 265 cm³/mol. The minimum absolute atomic E-state index is 0.104. The summed E-state index contributed by atoms with van der Waals surface area (Å²) in [4.78, 5) is 37.9.